The first-order valence-corrected chi connectivity index (χ1v) is 4.19. The average molecular weight is 198 g/mol. The topological polar surface area (TPSA) is 33.4 Å². The number of halogens is 2. The largest absolute Gasteiger partial charge is 0.464 e. The Morgan fingerprint density at radius 1 is 1.29 bits per heavy atom. The Hall–Kier alpha value is -1.42. The van der Waals surface area contributed by atoms with Gasteiger partial charge in [0.15, 0.2) is 0 Å². The third-order valence-corrected chi connectivity index (χ3v) is 2.10. The van der Waals surface area contributed by atoms with Crippen LogP contribution in [-0.2, 0) is 6.42 Å². The molecule has 2 aromatic rings. The van der Waals surface area contributed by atoms with Crippen LogP contribution in [0.5, 0.6) is 0 Å². The lowest BCUT2D eigenvalue weighted by molar-refractivity contribution is 0.297. The zero-order valence-corrected chi connectivity index (χ0v) is 7.26. The highest BCUT2D eigenvalue weighted by Crippen LogP contribution is 2.25. The van der Waals surface area contributed by atoms with Crippen LogP contribution >= 0.6 is 0 Å². The molecule has 0 aliphatic heterocycles. The molecule has 74 valence electrons. The summed E-state index contributed by atoms with van der Waals surface area (Å²) < 4.78 is 31.3. The zero-order chi connectivity index (χ0) is 10.1. The first-order chi connectivity index (χ1) is 6.74. The van der Waals surface area contributed by atoms with Crippen molar-refractivity contribution in [1.29, 1.82) is 0 Å². The predicted octanol–water partition coefficient (Wildman–Crippen LogP) is 2.25. The molecule has 0 atom stereocenters. The normalized spacial score (nSPS) is 11.1. The van der Waals surface area contributed by atoms with E-state index >= 15 is 0 Å². The molecule has 0 amide bonds. The number of hydrogen-bond donors (Lipinski definition) is 1. The van der Waals surface area contributed by atoms with Crippen molar-refractivity contribution in [2.75, 3.05) is 6.61 Å². The van der Waals surface area contributed by atoms with E-state index < -0.39 is 11.6 Å². The van der Waals surface area contributed by atoms with Crippen molar-refractivity contribution in [3.63, 3.8) is 0 Å². The molecule has 0 aliphatic rings. The van der Waals surface area contributed by atoms with Crippen LogP contribution in [0.2, 0.25) is 0 Å². The Morgan fingerprint density at radius 3 is 2.79 bits per heavy atom. The molecular weight excluding hydrogens is 190 g/mol. The average Bonchev–Trinajstić information content (AvgIpc) is 2.60. The highest BCUT2D eigenvalue weighted by molar-refractivity contribution is 5.81. The molecular formula is C10H8F2O2. The van der Waals surface area contributed by atoms with Gasteiger partial charge in [-0.1, -0.05) is 0 Å². The lowest BCUT2D eigenvalue weighted by Crippen LogP contribution is -1.96. The van der Waals surface area contributed by atoms with Gasteiger partial charge in [-0.3, -0.25) is 0 Å². The van der Waals surface area contributed by atoms with E-state index in [1.807, 2.05) is 0 Å². The number of aliphatic hydroxyl groups is 1. The number of furan rings is 1. The fraction of sp³-hybridized carbons (Fsp3) is 0.200. The van der Waals surface area contributed by atoms with Gasteiger partial charge in [0.2, 0.25) is 0 Å². The summed E-state index contributed by atoms with van der Waals surface area (Å²) in [6.45, 7) is -0.196. The van der Waals surface area contributed by atoms with Gasteiger partial charge >= 0.3 is 0 Å². The van der Waals surface area contributed by atoms with Gasteiger partial charge in [0.05, 0.1) is 11.6 Å². The van der Waals surface area contributed by atoms with E-state index in [2.05, 4.69) is 0 Å². The SMILES string of the molecule is OCCc1c(F)cc(F)c2ccoc12. The summed E-state index contributed by atoms with van der Waals surface area (Å²) >= 11 is 0. The van der Waals surface area contributed by atoms with Crippen molar-refractivity contribution in [2.45, 2.75) is 6.42 Å². The molecule has 1 aromatic carbocycles. The van der Waals surface area contributed by atoms with Crippen molar-refractivity contribution in [1.82, 2.24) is 0 Å². The van der Waals surface area contributed by atoms with E-state index in [0.29, 0.717) is 0 Å². The lowest BCUT2D eigenvalue weighted by atomic mass is 10.1. The lowest BCUT2D eigenvalue weighted by Gasteiger charge is -2.02. The summed E-state index contributed by atoms with van der Waals surface area (Å²) in [6.07, 6.45) is 1.42. The van der Waals surface area contributed by atoms with Crippen molar-refractivity contribution in [2.24, 2.45) is 0 Å². The van der Waals surface area contributed by atoms with Gasteiger partial charge in [0.25, 0.3) is 0 Å². The quantitative estimate of drug-likeness (QED) is 0.802. The van der Waals surface area contributed by atoms with Gasteiger partial charge in [-0.25, -0.2) is 8.78 Å². The molecule has 1 aromatic heterocycles. The van der Waals surface area contributed by atoms with Gasteiger partial charge in [0, 0.05) is 24.7 Å². The van der Waals surface area contributed by atoms with Crippen LogP contribution in [0.1, 0.15) is 5.56 Å². The van der Waals surface area contributed by atoms with Crippen LogP contribution in [0.25, 0.3) is 11.0 Å². The third kappa shape index (κ3) is 1.28. The van der Waals surface area contributed by atoms with E-state index in [1.54, 1.807) is 0 Å². The highest BCUT2D eigenvalue weighted by Gasteiger charge is 2.14. The molecule has 0 fully saturated rings. The van der Waals surface area contributed by atoms with Gasteiger partial charge in [-0.05, 0) is 6.07 Å². The Labute approximate surface area is 78.8 Å². The van der Waals surface area contributed by atoms with E-state index in [0.717, 1.165) is 6.07 Å². The highest BCUT2D eigenvalue weighted by atomic mass is 19.1. The fourth-order valence-corrected chi connectivity index (χ4v) is 1.46. The third-order valence-electron chi connectivity index (χ3n) is 2.10. The number of fused-ring (bicyclic) bond motifs is 1. The van der Waals surface area contributed by atoms with Crippen LogP contribution < -0.4 is 0 Å². The Morgan fingerprint density at radius 2 is 2.07 bits per heavy atom. The van der Waals surface area contributed by atoms with E-state index in [4.69, 9.17) is 9.52 Å². The second-order valence-corrected chi connectivity index (χ2v) is 2.96. The maximum Gasteiger partial charge on any atom is 0.142 e. The van der Waals surface area contributed by atoms with Crippen molar-refractivity contribution in [3.05, 3.63) is 35.6 Å². The van der Waals surface area contributed by atoms with Crippen molar-refractivity contribution in [3.8, 4) is 0 Å². The molecule has 0 radical (unpaired) electrons. The first-order valence-electron chi connectivity index (χ1n) is 4.19. The number of hydrogen-bond acceptors (Lipinski definition) is 2. The molecule has 0 saturated heterocycles. The van der Waals surface area contributed by atoms with Gasteiger partial charge in [0.1, 0.15) is 17.2 Å². The second-order valence-electron chi connectivity index (χ2n) is 2.96. The number of rotatable bonds is 2. The van der Waals surface area contributed by atoms with Gasteiger partial charge in [-0.2, -0.15) is 0 Å². The van der Waals surface area contributed by atoms with E-state index in [-0.39, 0.29) is 29.6 Å². The minimum absolute atomic E-state index is 0.121. The molecule has 1 N–H and O–H groups in total. The van der Waals surface area contributed by atoms with Crippen LogP contribution in [0.15, 0.2) is 22.8 Å². The number of aliphatic hydroxyl groups excluding tert-OH is 1. The molecule has 14 heavy (non-hydrogen) atoms. The molecule has 0 aliphatic carbocycles. The fourth-order valence-electron chi connectivity index (χ4n) is 1.46. The first kappa shape index (κ1) is 9.15. The summed E-state index contributed by atoms with van der Waals surface area (Å²) in [5, 5.41) is 8.95. The summed E-state index contributed by atoms with van der Waals surface area (Å²) in [6, 6.07) is 2.24. The minimum atomic E-state index is -0.681. The molecule has 0 unspecified atom stereocenters. The Balaban J connectivity index is 2.73. The van der Waals surface area contributed by atoms with E-state index in [1.165, 1.54) is 12.3 Å². The van der Waals surface area contributed by atoms with Gasteiger partial charge in [-0.15, -0.1) is 0 Å². The molecule has 2 rings (SSSR count). The predicted molar refractivity (Wildman–Crippen MR) is 46.9 cm³/mol. The maximum atomic E-state index is 13.2. The molecule has 1 heterocycles. The number of benzene rings is 1. The second kappa shape index (κ2) is 3.38. The zero-order valence-electron chi connectivity index (χ0n) is 7.26. The van der Waals surface area contributed by atoms with Crippen LogP contribution in [0, 0.1) is 11.6 Å². The van der Waals surface area contributed by atoms with Crippen LogP contribution in [0.3, 0.4) is 0 Å². The summed E-state index contributed by atoms with van der Waals surface area (Å²) in [4.78, 5) is 0. The molecule has 0 spiro atoms. The minimum Gasteiger partial charge on any atom is -0.464 e. The summed E-state index contributed by atoms with van der Waals surface area (Å²) in [5.41, 5.74) is 0.394. The van der Waals surface area contributed by atoms with Crippen LogP contribution in [-0.4, -0.2) is 11.7 Å². The Bertz CT molecular complexity index is 462. The smallest absolute Gasteiger partial charge is 0.142 e. The maximum absolute atomic E-state index is 13.2. The van der Waals surface area contributed by atoms with Gasteiger partial charge < -0.3 is 9.52 Å². The summed E-state index contributed by atoms with van der Waals surface area (Å²) in [7, 11) is 0. The van der Waals surface area contributed by atoms with Crippen LogP contribution in [0.4, 0.5) is 8.78 Å². The standard InChI is InChI=1S/C10H8F2O2/c11-8-5-9(12)7-2-4-14-10(7)6(8)1-3-13/h2,4-5,13H,1,3H2. The molecule has 2 nitrogen and oxygen atoms in total. The van der Waals surface area contributed by atoms with Crippen molar-refractivity contribution < 1.29 is 18.3 Å². The molecule has 4 heteroatoms. The van der Waals surface area contributed by atoms with Crippen molar-refractivity contribution >= 4 is 11.0 Å². The monoisotopic (exact) mass is 198 g/mol. The molecule has 0 saturated carbocycles. The van der Waals surface area contributed by atoms with E-state index in [9.17, 15) is 8.78 Å². The Kier molecular flexibility index (Phi) is 2.21. The molecule has 0 bridgehead atoms. The summed E-state index contributed by atoms with van der Waals surface area (Å²) in [5.74, 6) is -1.33.